The van der Waals surface area contributed by atoms with E-state index in [4.69, 9.17) is 0 Å². The first-order chi connectivity index (χ1) is 5.99. The molecule has 0 N–H and O–H groups in total. The van der Waals surface area contributed by atoms with E-state index < -0.39 is 0 Å². The van der Waals surface area contributed by atoms with Gasteiger partial charge >= 0.3 is 0 Å². The van der Waals surface area contributed by atoms with Crippen molar-refractivity contribution in [1.82, 2.24) is 0 Å². The largest absolute Gasteiger partial charge is 0.287 e. The number of aliphatic imine (C=N–C) groups is 1. The number of benzene rings is 1. The van der Waals surface area contributed by atoms with Crippen LogP contribution in [0.15, 0.2) is 29.3 Å². The third-order valence-electron chi connectivity index (χ3n) is 1.50. The summed E-state index contributed by atoms with van der Waals surface area (Å²) in [5, 5.41) is 0. The van der Waals surface area contributed by atoms with Gasteiger partial charge in [-0.3, -0.25) is 4.99 Å². The Morgan fingerprint density at radius 2 is 1.85 bits per heavy atom. The minimum atomic E-state index is 0.0128. The second-order valence-electron chi connectivity index (χ2n) is 3.95. The molecule has 0 heterocycles. The van der Waals surface area contributed by atoms with Crippen molar-refractivity contribution in [2.24, 2.45) is 4.99 Å². The molecule has 1 aromatic carbocycles. The molecule has 0 aliphatic heterocycles. The van der Waals surface area contributed by atoms with Crippen molar-refractivity contribution in [1.29, 1.82) is 0 Å². The van der Waals surface area contributed by atoms with E-state index in [1.54, 1.807) is 0 Å². The van der Waals surface area contributed by atoms with Gasteiger partial charge in [-0.05, 0) is 49.4 Å². The van der Waals surface area contributed by atoms with Gasteiger partial charge in [-0.15, -0.1) is 0 Å². The topological polar surface area (TPSA) is 12.4 Å². The zero-order chi connectivity index (χ0) is 9.90. The van der Waals surface area contributed by atoms with Crippen molar-refractivity contribution < 1.29 is 0 Å². The Labute approximate surface area is 93.4 Å². The quantitative estimate of drug-likeness (QED) is 0.553. The molecular weight excluding hydrogens is 273 g/mol. The van der Waals surface area contributed by atoms with Gasteiger partial charge in [0.25, 0.3) is 0 Å². The van der Waals surface area contributed by atoms with Crippen molar-refractivity contribution in [3.05, 3.63) is 33.4 Å². The van der Waals surface area contributed by atoms with Crippen molar-refractivity contribution in [2.45, 2.75) is 26.3 Å². The normalized spacial score (nSPS) is 12.3. The lowest BCUT2D eigenvalue weighted by Gasteiger charge is -2.10. The zero-order valence-electron chi connectivity index (χ0n) is 8.21. The Morgan fingerprint density at radius 3 is 2.38 bits per heavy atom. The molecule has 0 aliphatic carbocycles. The van der Waals surface area contributed by atoms with Gasteiger partial charge in [0.2, 0.25) is 0 Å². The second-order valence-corrected chi connectivity index (χ2v) is 5.11. The lowest BCUT2D eigenvalue weighted by Crippen LogP contribution is -2.09. The highest BCUT2D eigenvalue weighted by molar-refractivity contribution is 14.1. The van der Waals surface area contributed by atoms with Crippen LogP contribution < -0.4 is 0 Å². The molecule has 0 saturated carbocycles. The maximum absolute atomic E-state index is 4.46. The minimum Gasteiger partial charge on any atom is -0.287 e. The molecule has 0 aliphatic rings. The summed E-state index contributed by atoms with van der Waals surface area (Å²) in [6.07, 6.45) is 1.95. The monoisotopic (exact) mass is 287 g/mol. The molecule has 0 unspecified atom stereocenters. The highest BCUT2D eigenvalue weighted by Crippen LogP contribution is 2.11. The van der Waals surface area contributed by atoms with E-state index in [1.807, 2.05) is 18.3 Å². The van der Waals surface area contributed by atoms with Crippen LogP contribution in [0.1, 0.15) is 26.3 Å². The highest BCUT2D eigenvalue weighted by Gasteiger charge is 2.05. The standard InChI is InChI=1S/C11H14IN/c1-11(2,3)13-8-9-6-4-5-7-10(9)12/h4-8H,1-3H3. The molecule has 13 heavy (non-hydrogen) atoms. The van der Waals surface area contributed by atoms with E-state index in [-0.39, 0.29) is 5.54 Å². The van der Waals surface area contributed by atoms with Crippen LogP contribution in [0.4, 0.5) is 0 Å². The van der Waals surface area contributed by atoms with E-state index in [9.17, 15) is 0 Å². The van der Waals surface area contributed by atoms with E-state index in [0.717, 1.165) is 0 Å². The summed E-state index contributed by atoms with van der Waals surface area (Å²) in [6.45, 7) is 6.29. The van der Waals surface area contributed by atoms with E-state index in [0.29, 0.717) is 0 Å². The van der Waals surface area contributed by atoms with Gasteiger partial charge in [0.1, 0.15) is 0 Å². The average Bonchev–Trinajstić information content (AvgIpc) is 2.01. The lowest BCUT2D eigenvalue weighted by molar-refractivity contribution is 0.586. The summed E-state index contributed by atoms with van der Waals surface area (Å²) in [7, 11) is 0. The van der Waals surface area contributed by atoms with Crippen molar-refractivity contribution >= 4 is 28.8 Å². The smallest absolute Gasteiger partial charge is 0.0524 e. The second kappa shape index (κ2) is 4.22. The Morgan fingerprint density at radius 1 is 1.23 bits per heavy atom. The Kier molecular flexibility index (Phi) is 3.47. The first-order valence-electron chi connectivity index (χ1n) is 4.29. The summed E-state index contributed by atoms with van der Waals surface area (Å²) in [6, 6.07) is 8.24. The Hall–Kier alpha value is -0.380. The molecule has 0 fully saturated rings. The Balaban J connectivity index is 2.86. The van der Waals surface area contributed by atoms with Gasteiger partial charge in [-0.1, -0.05) is 18.2 Å². The molecule has 0 atom stereocenters. The summed E-state index contributed by atoms with van der Waals surface area (Å²) < 4.78 is 1.24. The fourth-order valence-corrected chi connectivity index (χ4v) is 1.37. The van der Waals surface area contributed by atoms with Crippen LogP contribution in [-0.2, 0) is 0 Å². The average molecular weight is 287 g/mol. The van der Waals surface area contributed by atoms with Gasteiger partial charge in [-0.2, -0.15) is 0 Å². The maximum Gasteiger partial charge on any atom is 0.0524 e. The number of hydrogen-bond donors (Lipinski definition) is 0. The first kappa shape index (κ1) is 10.7. The third kappa shape index (κ3) is 3.89. The maximum atomic E-state index is 4.46. The molecule has 0 spiro atoms. The van der Waals surface area contributed by atoms with Crippen LogP contribution in [0, 0.1) is 3.57 Å². The van der Waals surface area contributed by atoms with Crippen molar-refractivity contribution in [3.8, 4) is 0 Å². The summed E-state index contributed by atoms with van der Waals surface area (Å²) in [5.41, 5.74) is 1.21. The predicted molar refractivity (Wildman–Crippen MR) is 66.5 cm³/mol. The molecule has 1 rings (SSSR count). The van der Waals surface area contributed by atoms with Crippen LogP contribution in [-0.4, -0.2) is 11.8 Å². The van der Waals surface area contributed by atoms with Crippen LogP contribution in [0.25, 0.3) is 0 Å². The predicted octanol–water partition coefficient (Wildman–Crippen LogP) is 3.51. The lowest BCUT2D eigenvalue weighted by atomic mass is 10.1. The van der Waals surface area contributed by atoms with Crippen LogP contribution in [0.2, 0.25) is 0 Å². The van der Waals surface area contributed by atoms with Gasteiger partial charge in [-0.25, -0.2) is 0 Å². The molecule has 0 amide bonds. The van der Waals surface area contributed by atoms with E-state index >= 15 is 0 Å². The highest BCUT2D eigenvalue weighted by atomic mass is 127. The Bertz CT molecular complexity index is 310. The van der Waals surface area contributed by atoms with E-state index in [2.05, 4.69) is 60.5 Å². The number of nitrogens with zero attached hydrogens (tertiary/aromatic N) is 1. The molecule has 0 bridgehead atoms. The number of rotatable bonds is 1. The molecular formula is C11H14IN. The summed E-state index contributed by atoms with van der Waals surface area (Å²) in [5.74, 6) is 0. The fraction of sp³-hybridized carbons (Fsp3) is 0.364. The van der Waals surface area contributed by atoms with Crippen molar-refractivity contribution in [3.63, 3.8) is 0 Å². The molecule has 0 aromatic heterocycles. The van der Waals surface area contributed by atoms with Gasteiger partial charge in [0.15, 0.2) is 0 Å². The fourth-order valence-electron chi connectivity index (χ4n) is 0.843. The summed E-state index contributed by atoms with van der Waals surface area (Å²) >= 11 is 2.32. The van der Waals surface area contributed by atoms with Crippen LogP contribution in [0.5, 0.6) is 0 Å². The van der Waals surface area contributed by atoms with Crippen LogP contribution >= 0.6 is 22.6 Å². The minimum absolute atomic E-state index is 0.0128. The first-order valence-corrected chi connectivity index (χ1v) is 5.37. The molecule has 1 aromatic rings. The van der Waals surface area contributed by atoms with Gasteiger partial charge in [0, 0.05) is 15.3 Å². The number of hydrogen-bond acceptors (Lipinski definition) is 1. The van der Waals surface area contributed by atoms with Crippen molar-refractivity contribution in [2.75, 3.05) is 0 Å². The third-order valence-corrected chi connectivity index (χ3v) is 2.48. The SMILES string of the molecule is CC(C)(C)N=Cc1ccccc1I. The molecule has 2 heteroatoms. The van der Waals surface area contributed by atoms with E-state index in [1.165, 1.54) is 9.13 Å². The number of halogens is 1. The zero-order valence-corrected chi connectivity index (χ0v) is 10.4. The summed E-state index contributed by atoms with van der Waals surface area (Å²) in [4.78, 5) is 4.46. The van der Waals surface area contributed by atoms with Gasteiger partial charge < -0.3 is 0 Å². The van der Waals surface area contributed by atoms with Gasteiger partial charge in [0.05, 0.1) is 5.54 Å². The molecule has 0 radical (unpaired) electrons. The molecule has 0 saturated heterocycles. The van der Waals surface area contributed by atoms with Crippen LogP contribution in [0.3, 0.4) is 0 Å². The molecule has 1 nitrogen and oxygen atoms in total. The molecule has 70 valence electrons.